The molecule has 0 heterocycles. The van der Waals surface area contributed by atoms with Crippen molar-refractivity contribution in [1.29, 1.82) is 0 Å². The number of hydrogen-bond acceptors (Lipinski definition) is 1. The van der Waals surface area contributed by atoms with Gasteiger partial charge in [0.2, 0.25) is 0 Å². The van der Waals surface area contributed by atoms with E-state index in [0.717, 1.165) is 5.56 Å². The molecule has 2 aromatic rings. The molecule has 1 unspecified atom stereocenters. The van der Waals surface area contributed by atoms with Gasteiger partial charge in [0.15, 0.2) is 5.78 Å². The zero-order valence-electron chi connectivity index (χ0n) is 9.56. The number of rotatable bonds is 3. The van der Waals surface area contributed by atoms with Crippen LogP contribution in [0.3, 0.4) is 0 Å². The molecule has 1 atom stereocenters. The van der Waals surface area contributed by atoms with E-state index >= 15 is 0 Å². The first-order valence-corrected chi connectivity index (χ1v) is 5.53. The van der Waals surface area contributed by atoms with Crippen LogP contribution < -0.4 is 0 Å². The van der Waals surface area contributed by atoms with Crippen LogP contribution in [-0.2, 0) is 0 Å². The molecule has 0 aliphatic carbocycles. The topological polar surface area (TPSA) is 17.1 Å². The van der Waals surface area contributed by atoms with E-state index in [9.17, 15) is 9.18 Å². The zero-order valence-corrected chi connectivity index (χ0v) is 9.56. The summed E-state index contributed by atoms with van der Waals surface area (Å²) in [6.45, 7) is 1.84. The molecule has 0 saturated carbocycles. The first-order chi connectivity index (χ1) is 8.18. The van der Waals surface area contributed by atoms with Crippen LogP contribution in [0.4, 0.5) is 4.39 Å². The Balaban J connectivity index is 2.23. The number of carbonyl (C=O) groups is 1. The Hall–Kier alpha value is -1.96. The number of carbonyl (C=O) groups excluding carboxylic acids is 1. The van der Waals surface area contributed by atoms with Gasteiger partial charge in [0.05, 0.1) is 0 Å². The third-order valence-electron chi connectivity index (χ3n) is 2.82. The van der Waals surface area contributed by atoms with E-state index in [1.165, 1.54) is 12.1 Å². The molecular formula is C15H13FO. The fourth-order valence-electron chi connectivity index (χ4n) is 1.76. The average molecular weight is 228 g/mol. The van der Waals surface area contributed by atoms with Crippen molar-refractivity contribution in [3.05, 3.63) is 71.5 Å². The molecule has 1 nitrogen and oxygen atoms in total. The summed E-state index contributed by atoms with van der Waals surface area (Å²) in [5.74, 6) is -0.483. The van der Waals surface area contributed by atoms with Gasteiger partial charge in [0.1, 0.15) is 5.82 Å². The van der Waals surface area contributed by atoms with Crippen molar-refractivity contribution in [2.75, 3.05) is 0 Å². The smallest absolute Gasteiger partial charge is 0.170 e. The molecule has 2 heteroatoms. The molecule has 0 fully saturated rings. The Morgan fingerprint density at radius 2 is 1.59 bits per heavy atom. The van der Waals surface area contributed by atoms with Crippen LogP contribution in [0, 0.1) is 5.82 Å². The molecule has 0 bridgehead atoms. The normalized spacial score (nSPS) is 12.1. The monoisotopic (exact) mass is 228 g/mol. The highest BCUT2D eigenvalue weighted by Crippen LogP contribution is 2.20. The van der Waals surface area contributed by atoms with Crippen LogP contribution >= 0.6 is 0 Å². The highest BCUT2D eigenvalue weighted by Gasteiger charge is 2.16. The van der Waals surface area contributed by atoms with Crippen LogP contribution in [0.1, 0.15) is 28.8 Å². The number of benzene rings is 2. The molecule has 0 spiro atoms. The van der Waals surface area contributed by atoms with Crippen molar-refractivity contribution in [1.82, 2.24) is 0 Å². The molecular weight excluding hydrogens is 215 g/mol. The molecule has 0 aliphatic rings. The average Bonchev–Trinajstić information content (AvgIpc) is 2.39. The fourth-order valence-corrected chi connectivity index (χ4v) is 1.76. The summed E-state index contributed by atoms with van der Waals surface area (Å²) in [6, 6.07) is 15.2. The third-order valence-corrected chi connectivity index (χ3v) is 2.82. The summed E-state index contributed by atoms with van der Waals surface area (Å²) in [5.41, 5.74) is 1.52. The lowest BCUT2D eigenvalue weighted by molar-refractivity contribution is 0.0966. The standard InChI is InChI=1S/C15H13FO/c1-11(12-7-9-14(16)10-8-12)15(17)13-5-3-2-4-6-13/h2-11H,1H3. The highest BCUT2D eigenvalue weighted by molar-refractivity contribution is 6.00. The van der Waals surface area contributed by atoms with Crippen LogP contribution in [0.2, 0.25) is 0 Å². The summed E-state index contributed by atoms with van der Waals surface area (Å²) in [6.07, 6.45) is 0. The van der Waals surface area contributed by atoms with Gasteiger partial charge in [-0.1, -0.05) is 49.4 Å². The van der Waals surface area contributed by atoms with E-state index in [0.29, 0.717) is 5.56 Å². The Kier molecular flexibility index (Phi) is 3.33. The van der Waals surface area contributed by atoms with Gasteiger partial charge < -0.3 is 0 Å². The molecule has 2 aromatic carbocycles. The summed E-state index contributed by atoms with van der Waals surface area (Å²) >= 11 is 0. The predicted octanol–water partition coefficient (Wildman–Crippen LogP) is 3.81. The maximum absolute atomic E-state index is 12.8. The van der Waals surface area contributed by atoms with Gasteiger partial charge in [0.25, 0.3) is 0 Å². The van der Waals surface area contributed by atoms with Crippen molar-refractivity contribution in [2.24, 2.45) is 0 Å². The molecule has 0 radical (unpaired) electrons. The molecule has 0 aromatic heterocycles. The van der Waals surface area contributed by atoms with E-state index in [1.807, 2.05) is 25.1 Å². The van der Waals surface area contributed by atoms with Gasteiger partial charge in [-0.2, -0.15) is 0 Å². The molecule has 0 saturated heterocycles. The number of ketones is 1. The summed E-state index contributed by atoms with van der Waals surface area (Å²) < 4.78 is 12.8. The van der Waals surface area contributed by atoms with Gasteiger partial charge in [-0.05, 0) is 17.7 Å². The second kappa shape index (κ2) is 4.91. The van der Waals surface area contributed by atoms with E-state index in [1.54, 1.807) is 24.3 Å². The summed E-state index contributed by atoms with van der Waals surface area (Å²) in [4.78, 5) is 12.1. The van der Waals surface area contributed by atoms with Crippen molar-refractivity contribution in [3.8, 4) is 0 Å². The van der Waals surface area contributed by atoms with Crippen LogP contribution in [0.5, 0.6) is 0 Å². The third kappa shape index (κ3) is 2.59. The lowest BCUT2D eigenvalue weighted by atomic mass is 9.92. The van der Waals surface area contributed by atoms with E-state index in [-0.39, 0.29) is 17.5 Å². The lowest BCUT2D eigenvalue weighted by Crippen LogP contribution is -2.09. The SMILES string of the molecule is CC(C(=O)c1ccccc1)c1ccc(F)cc1. The largest absolute Gasteiger partial charge is 0.294 e. The van der Waals surface area contributed by atoms with Crippen LogP contribution in [0.25, 0.3) is 0 Å². The van der Waals surface area contributed by atoms with Crippen LogP contribution in [-0.4, -0.2) is 5.78 Å². The quantitative estimate of drug-likeness (QED) is 0.730. The van der Waals surface area contributed by atoms with Crippen molar-refractivity contribution in [3.63, 3.8) is 0 Å². The van der Waals surface area contributed by atoms with Crippen molar-refractivity contribution >= 4 is 5.78 Å². The van der Waals surface area contributed by atoms with E-state index < -0.39 is 0 Å². The van der Waals surface area contributed by atoms with Gasteiger partial charge >= 0.3 is 0 Å². The molecule has 86 valence electrons. The van der Waals surface area contributed by atoms with Gasteiger partial charge in [0, 0.05) is 11.5 Å². The molecule has 0 amide bonds. The maximum atomic E-state index is 12.8. The first-order valence-electron chi connectivity index (χ1n) is 5.53. The Labute approximate surface area is 99.9 Å². The van der Waals surface area contributed by atoms with Crippen molar-refractivity contribution < 1.29 is 9.18 Å². The maximum Gasteiger partial charge on any atom is 0.170 e. The molecule has 0 N–H and O–H groups in total. The minimum absolute atomic E-state index is 0.0530. The molecule has 0 aliphatic heterocycles. The minimum atomic E-state index is -0.284. The second-order valence-electron chi connectivity index (χ2n) is 4.00. The second-order valence-corrected chi connectivity index (χ2v) is 4.00. The zero-order chi connectivity index (χ0) is 12.3. The van der Waals surface area contributed by atoms with Crippen molar-refractivity contribution in [2.45, 2.75) is 12.8 Å². The van der Waals surface area contributed by atoms with Gasteiger partial charge in [-0.15, -0.1) is 0 Å². The van der Waals surface area contributed by atoms with Gasteiger partial charge in [-0.25, -0.2) is 4.39 Å². The highest BCUT2D eigenvalue weighted by atomic mass is 19.1. The summed E-state index contributed by atoms with van der Waals surface area (Å²) in [5, 5.41) is 0. The fraction of sp³-hybridized carbons (Fsp3) is 0.133. The van der Waals surface area contributed by atoms with E-state index in [4.69, 9.17) is 0 Å². The summed E-state index contributed by atoms with van der Waals surface area (Å²) in [7, 11) is 0. The lowest BCUT2D eigenvalue weighted by Gasteiger charge is -2.10. The van der Waals surface area contributed by atoms with E-state index in [2.05, 4.69) is 0 Å². The first kappa shape index (κ1) is 11.5. The van der Waals surface area contributed by atoms with Crippen LogP contribution in [0.15, 0.2) is 54.6 Å². The Morgan fingerprint density at radius 1 is 1.00 bits per heavy atom. The Bertz CT molecular complexity index is 502. The van der Waals surface area contributed by atoms with Gasteiger partial charge in [-0.3, -0.25) is 4.79 Å². The molecule has 17 heavy (non-hydrogen) atoms. The minimum Gasteiger partial charge on any atom is -0.294 e. The number of halogens is 1. The Morgan fingerprint density at radius 3 is 2.18 bits per heavy atom. The number of Topliss-reactive ketones (excluding diaryl/α,β-unsaturated/α-hetero) is 1. The molecule has 2 rings (SSSR count). The number of hydrogen-bond donors (Lipinski definition) is 0. The predicted molar refractivity (Wildman–Crippen MR) is 65.6 cm³/mol.